The molecule has 2 unspecified atom stereocenters. The average Bonchev–Trinajstić information content (AvgIpc) is 2.52. The molecular formula is C16H28N4O5S. The maximum Gasteiger partial charge on any atom is 0.410 e. The molecule has 1 spiro atoms. The van der Waals surface area contributed by atoms with Crippen LogP contribution in [0.2, 0.25) is 0 Å². The Balaban J connectivity index is 2.21. The Morgan fingerprint density at radius 3 is 2.38 bits per heavy atom. The normalized spacial score (nSPS) is 26.5. The Hall–Kier alpha value is -1.52. The highest BCUT2D eigenvalue weighted by Gasteiger charge is 2.61. The first-order valence-corrected chi connectivity index (χ1v) is 9.20. The van der Waals surface area contributed by atoms with E-state index < -0.39 is 35.4 Å². The van der Waals surface area contributed by atoms with Gasteiger partial charge < -0.3 is 25.4 Å². The van der Waals surface area contributed by atoms with Crippen LogP contribution in [0.3, 0.4) is 0 Å². The van der Waals surface area contributed by atoms with E-state index in [1.807, 2.05) is 0 Å². The summed E-state index contributed by atoms with van der Waals surface area (Å²) >= 11 is 4.09. The van der Waals surface area contributed by atoms with Gasteiger partial charge in [0, 0.05) is 18.8 Å². The van der Waals surface area contributed by atoms with E-state index in [2.05, 4.69) is 12.6 Å². The summed E-state index contributed by atoms with van der Waals surface area (Å²) in [5.74, 6) is -0.863. The van der Waals surface area contributed by atoms with Crippen molar-refractivity contribution in [2.45, 2.75) is 51.1 Å². The number of ether oxygens (including phenoxy) is 1. The first-order valence-electron chi connectivity index (χ1n) is 8.57. The van der Waals surface area contributed by atoms with E-state index in [1.165, 1.54) is 9.80 Å². The monoisotopic (exact) mass is 388 g/mol. The van der Waals surface area contributed by atoms with Crippen molar-refractivity contribution in [3.8, 4) is 0 Å². The number of hydrogen-bond acceptors (Lipinski definition) is 7. The summed E-state index contributed by atoms with van der Waals surface area (Å²) in [6.45, 7) is 7.81. The van der Waals surface area contributed by atoms with E-state index in [0.717, 1.165) is 0 Å². The quantitative estimate of drug-likeness (QED) is 0.431. The lowest BCUT2D eigenvalue weighted by Gasteiger charge is -2.59. The Morgan fingerprint density at radius 1 is 1.35 bits per heavy atom. The van der Waals surface area contributed by atoms with Gasteiger partial charge in [0.2, 0.25) is 11.8 Å². The summed E-state index contributed by atoms with van der Waals surface area (Å²) in [7, 11) is 0. The number of β-lactam (4-membered cyclic amide) rings is 1. The summed E-state index contributed by atoms with van der Waals surface area (Å²) in [5.41, 5.74) is 3.62. The summed E-state index contributed by atoms with van der Waals surface area (Å²) in [6, 6.07) is -0.816. The van der Waals surface area contributed by atoms with Gasteiger partial charge in [-0.25, -0.2) is 4.79 Å². The molecule has 3 amide bonds. The van der Waals surface area contributed by atoms with Gasteiger partial charge in [0.25, 0.3) is 0 Å². The number of thiol groups is 1. The average molecular weight is 388 g/mol. The van der Waals surface area contributed by atoms with Crippen LogP contribution in [0.15, 0.2) is 0 Å². The van der Waals surface area contributed by atoms with Gasteiger partial charge in [-0.15, -0.1) is 0 Å². The topological polar surface area (TPSA) is 116 Å². The zero-order valence-corrected chi connectivity index (χ0v) is 16.5. The fourth-order valence-electron chi connectivity index (χ4n) is 3.48. The van der Waals surface area contributed by atoms with Gasteiger partial charge in [-0.1, -0.05) is 0 Å². The molecule has 2 aliphatic rings. The third-order valence-electron chi connectivity index (χ3n) is 4.68. The predicted molar refractivity (Wildman–Crippen MR) is 97.5 cm³/mol. The molecule has 0 radical (unpaired) electrons. The molecule has 0 aromatic carbocycles. The predicted octanol–water partition coefficient (Wildman–Crippen LogP) is -0.758. The second-order valence-electron chi connectivity index (χ2n) is 7.79. The van der Waals surface area contributed by atoms with Crippen molar-refractivity contribution in [3.05, 3.63) is 0 Å². The maximum absolute atomic E-state index is 13.0. The molecule has 0 bridgehead atoms. The van der Waals surface area contributed by atoms with Crippen LogP contribution in [0.25, 0.3) is 0 Å². The largest absolute Gasteiger partial charge is 0.444 e. The van der Waals surface area contributed by atoms with Crippen LogP contribution in [-0.2, 0) is 14.3 Å². The van der Waals surface area contributed by atoms with Crippen LogP contribution in [0.4, 0.5) is 4.79 Å². The molecule has 3 atom stereocenters. The van der Waals surface area contributed by atoms with E-state index in [1.54, 1.807) is 32.6 Å². The number of aliphatic hydroxyl groups is 1. The molecular weight excluding hydrogens is 360 g/mol. The van der Waals surface area contributed by atoms with Crippen LogP contribution in [0.5, 0.6) is 0 Å². The molecule has 0 saturated carbocycles. The second-order valence-corrected chi connectivity index (χ2v) is 8.16. The minimum atomic E-state index is -1.08. The molecule has 2 heterocycles. The lowest BCUT2D eigenvalue weighted by Crippen LogP contribution is -2.83. The number of amides is 3. The molecule has 0 aromatic heterocycles. The summed E-state index contributed by atoms with van der Waals surface area (Å²) in [5, 5.41) is 10.1. The maximum atomic E-state index is 13.0. The van der Waals surface area contributed by atoms with Crippen LogP contribution < -0.4 is 5.73 Å². The van der Waals surface area contributed by atoms with Crippen LogP contribution in [0.1, 0.15) is 27.7 Å². The van der Waals surface area contributed by atoms with Crippen molar-refractivity contribution in [2.75, 3.05) is 31.9 Å². The van der Waals surface area contributed by atoms with E-state index in [0.29, 0.717) is 13.1 Å². The number of nitrogens with zero attached hydrogens (tertiary/aromatic N) is 3. The van der Waals surface area contributed by atoms with E-state index in [9.17, 15) is 19.5 Å². The molecule has 26 heavy (non-hydrogen) atoms. The van der Waals surface area contributed by atoms with Gasteiger partial charge in [0.05, 0.1) is 13.1 Å². The Bertz CT molecular complexity index is 594. The number of rotatable bonds is 4. The highest BCUT2D eigenvalue weighted by atomic mass is 32.1. The van der Waals surface area contributed by atoms with Gasteiger partial charge in [-0.2, -0.15) is 12.6 Å². The molecule has 0 aromatic rings. The molecule has 2 saturated heterocycles. The molecule has 148 valence electrons. The van der Waals surface area contributed by atoms with Crippen molar-refractivity contribution in [3.63, 3.8) is 0 Å². The minimum absolute atomic E-state index is 0.0835. The van der Waals surface area contributed by atoms with Gasteiger partial charge in [-0.05, 0) is 27.7 Å². The first-order chi connectivity index (χ1) is 11.9. The molecule has 10 heteroatoms. The number of nitrogens with two attached hydrogens (primary N) is 1. The van der Waals surface area contributed by atoms with Crippen LogP contribution >= 0.6 is 12.6 Å². The zero-order valence-electron chi connectivity index (χ0n) is 15.6. The van der Waals surface area contributed by atoms with Gasteiger partial charge in [-0.3, -0.25) is 14.5 Å². The molecule has 3 N–H and O–H groups in total. The molecule has 2 aliphatic heterocycles. The highest BCUT2D eigenvalue weighted by molar-refractivity contribution is 7.80. The number of primary amides is 1. The van der Waals surface area contributed by atoms with Crippen molar-refractivity contribution >= 4 is 30.5 Å². The van der Waals surface area contributed by atoms with Crippen molar-refractivity contribution in [2.24, 2.45) is 5.73 Å². The minimum Gasteiger partial charge on any atom is -0.444 e. The Kier molecular flexibility index (Phi) is 5.79. The lowest BCUT2D eigenvalue weighted by atomic mass is 9.82. The SMILES string of the molecule is CC(O)N1CCN(C(=O)OC(C)(C)C)CC12CN([C@@H](CS)C(N)=O)C2=O. The van der Waals surface area contributed by atoms with Gasteiger partial charge in [0.15, 0.2) is 0 Å². The van der Waals surface area contributed by atoms with E-state index in [4.69, 9.17) is 10.5 Å². The number of carbonyl (C=O) groups excluding carboxylic acids is 3. The van der Waals surface area contributed by atoms with Crippen molar-refractivity contribution in [1.29, 1.82) is 0 Å². The second kappa shape index (κ2) is 7.24. The first kappa shape index (κ1) is 20.8. The number of piperazine rings is 1. The number of carbonyl (C=O) groups is 3. The Morgan fingerprint density at radius 2 is 1.96 bits per heavy atom. The molecule has 0 aliphatic carbocycles. The smallest absolute Gasteiger partial charge is 0.410 e. The van der Waals surface area contributed by atoms with E-state index >= 15 is 0 Å². The van der Waals surface area contributed by atoms with Crippen LogP contribution in [-0.4, -0.2) is 93.1 Å². The zero-order chi connectivity index (χ0) is 19.9. The highest BCUT2D eigenvalue weighted by Crippen LogP contribution is 2.36. The third-order valence-corrected chi connectivity index (χ3v) is 5.03. The standard InChI is InChI=1S/C16H28N4O5S/c1-10(21)20-6-5-18(14(24)25-15(2,3)4)8-16(20)9-19(13(16)23)11(7-26)12(17)22/h10-11,21,26H,5-9H2,1-4H3,(H2,17,22)/t10?,11-,16?/m0/s1. The fraction of sp³-hybridized carbons (Fsp3) is 0.812. The fourth-order valence-corrected chi connectivity index (χ4v) is 3.85. The molecule has 9 nitrogen and oxygen atoms in total. The van der Waals surface area contributed by atoms with Crippen molar-refractivity contribution in [1.82, 2.24) is 14.7 Å². The number of likely N-dealkylation sites (tertiary alicyclic amines) is 1. The van der Waals surface area contributed by atoms with Crippen LogP contribution in [0, 0.1) is 0 Å². The Labute approximate surface area is 158 Å². The number of hydrogen-bond donors (Lipinski definition) is 3. The van der Waals surface area contributed by atoms with Crippen molar-refractivity contribution < 1.29 is 24.2 Å². The van der Waals surface area contributed by atoms with Gasteiger partial charge >= 0.3 is 6.09 Å². The summed E-state index contributed by atoms with van der Waals surface area (Å²) < 4.78 is 5.40. The van der Waals surface area contributed by atoms with Gasteiger partial charge in [0.1, 0.15) is 23.4 Å². The molecule has 2 rings (SSSR count). The number of aliphatic hydroxyl groups excluding tert-OH is 1. The lowest BCUT2D eigenvalue weighted by molar-refractivity contribution is -0.191. The molecule has 2 fully saturated rings. The van der Waals surface area contributed by atoms with E-state index in [-0.39, 0.29) is 24.7 Å². The third kappa shape index (κ3) is 3.77. The summed E-state index contributed by atoms with van der Waals surface area (Å²) in [4.78, 5) is 41.4. The summed E-state index contributed by atoms with van der Waals surface area (Å²) in [6.07, 6.45) is -1.38.